The van der Waals surface area contributed by atoms with Crippen LogP contribution in [0.3, 0.4) is 0 Å². The molecule has 1 amide bonds. The molecule has 1 saturated carbocycles. The van der Waals surface area contributed by atoms with Gasteiger partial charge in [0.2, 0.25) is 17.5 Å². The molecule has 1 saturated heterocycles. The second-order valence-corrected chi connectivity index (χ2v) is 8.86. The summed E-state index contributed by atoms with van der Waals surface area (Å²) in [7, 11) is 0. The minimum Gasteiger partial charge on any atom is -0.483 e. The van der Waals surface area contributed by atoms with E-state index in [0.29, 0.717) is 6.42 Å². The van der Waals surface area contributed by atoms with Gasteiger partial charge in [0.1, 0.15) is 17.6 Å². The smallest absolute Gasteiger partial charge is 0.322 e. The van der Waals surface area contributed by atoms with Gasteiger partial charge >= 0.3 is 11.9 Å². The molecule has 0 spiro atoms. The van der Waals surface area contributed by atoms with Crippen molar-refractivity contribution < 1.29 is 46.2 Å². The lowest BCUT2D eigenvalue weighted by Gasteiger charge is -2.40. The van der Waals surface area contributed by atoms with Crippen LogP contribution in [0, 0.1) is 28.7 Å². The normalized spacial score (nSPS) is 22.0. The van der Waals surface area contributed by atoms with Gasteiger partial charge in [-0.15, -0.1) is 0 Å². The maximum absolute atomic E-state index is 13.8. The van der Waals surface area contributed by atoms with Gasteiger partial charge in [-0.05, 0) is 33.6 Å². The van der Waals surface area contributed by atoms with Gasteiger partial charge in [0.15, 0.2) is 23.5 Å². The number of rotatable bonds is 6. The highest BCUT2D eigenvalue weighted by Crippen LogP contribution is 2.43. The highest BCUT2D eigenvalue weighted by Gasteiger charge is 2.54. The first-order chi connectivity index (χ1) is 14.8. The number of ether oxygens (including phenoxy) is 3. The van der Waals surface area contributed by atoms with E-state index in [-0.39, 0.29) is 25.3 Å². The summed E-state index contributed by atoms with van der Waals surface area (Å²) in [4.78, 5) is 37.3. The Kier molecular flexibility index (Phi) is 6.39. The Labute approximate surface area is 181 Å². The molecule has 3 rings (SSSR count). The number of nitrogens with one attached hydrogen (secondary N) is 1. The van der Waals surface area contributed by atoms with E-state index < -0.39 is 76.6 Å². The van der Waals surface area contributed by atoms with Crippen molar-refractivity contribution in [3.8, 4) is 5.75 Å². The molecule has 1 aliphatic heterocycles. The molecular formula is C21H23F4NO6. The SMILES string of the molecule is CC(C)(C)OC(=O)C1(C(=O)NC2CC(=O)OC2COc2c(F)c(F)cc(F)c2F)CCC1. The van der Waals surface area contributed by atoms with Gasteiger partial charge in [-0.2, -0.15) is 8.78 Å². The molecule has 0 bridgehead atoms. The van der Waals surface area contributed by atoms with Crippen molar-refractivity contribution in [2.24, 2.45) is 5.41 Å². The minimum absolute atomic E-state index is 0.0326. The molecule has 11 heteroatoms. The van der Waals surface area contributed by atoms with Crippen molar-refractivity contribution in [3.63, 3.8) is 0 Å². The van der Waals surface area contributed by atoms with Crippen LogP contribution in [0.2, 0.25) is 0 Å². The summed E-state index contributed by atoms with van der Waals surface area (Å²) >= 11 is 0. The van der Waals surface area contributed by atoms with Gasteiger partial charge in [-0.25, -0.2) is 8.78 Å². The maximum atomic E-state index is 13.8. The van der Waals surface area contributed by atoms with E-state index in [1.54, 1.807) is 20.8 Å². The number of hydrogen-bond acceptors (Lipinski definition) is 6. The van der Waals surface area contributed by atoms with Crippen molar-refractivity contribution in [2.75, 3.05) is 6.61 Å². The summed E-state index contributed by atoms with van der Waals surface area (Å²) in [5.74, 6) is -10.2. The molecule has 7 nitrogen and oxygen atoms in total. The topological polar surface area (TPSA) is 90.9 Å². The first-order valence-corrected chi connectivity index (χ1v) is 10.0. The standard InChI is InChI=1S/C21H23F4NO6/c1-20(2,3)32-19(29)21(5-4-6-21)18(28)26-12-8-14(27)31-13(12)9-30-17-15(24)10(22)7-11(23)16(17)25/h7,12-13H,4-6,8-9H2,1-3H3,(H,26,28). The molecule has 176 valence electrons. The summed E-state index contributed by atoms with van der Waals surface area (Å²) < 4.78 is 69.5. The Bertz CT molecular complexity index is 915. The summed E-state index contributed by atoms with van der Waals surface area (Å²) in [6, 6.07) is -0.954. The fourth-order valence-corrected chi connectivity index (χ4v) is 3.48. The van der Waals surface area contributed by atoms with Gasteiger partial charge in [0.05, 0.1) is 12.5 Å². The Morgan fingerprint density at radius 1 is 1.16 bits per heavy atom. The summed E-state index contributed by atoms with van der Waals surface area (Å²) in [6.07, 6.45) is -0.340. The van der Waals surface area contributed by atoms with Gasteiger partial charge in [0, 0.05) is 6.07 Å². The summed E-state index contributed by atoms with van der Waals surface area (Å²) in [6.45, 7) is 4.31. The molecule has 1 N–H and O–H groups in total. The first kappa shape index (κ1) is 23.8. The average molecular weight is 461 g/mol. The van der Waals surface area contributed by atoms with Crippen LogP contribution in [0.1, 0.15) is 46.5 Å². The highest BCUT2D eigenvalue weighted by molar-refractivity contribution is 6.04. The fourth-order valence-electron chi connectivity index (χ4n) is 3.48. The third-order valence-electron chi connectivity index (χ3n) is 5.33. The molecule has 2 unspecified atom stereocenters. The van der Waals surface area contributed by atoms with Crippen LogP contribution in [0.15, 0.2) is 6.07 Å². The third-order valence-corrected chi connectivity index (χ3v) is 5.33. The van der Waals surface area contributed by atoms with Crippen LogP contribution in [0.25, 0.3) is 0 Å². The van der Waals surface area contributed by atoms with E-state index in [9.17, 15) is 31.9 Å². The minimum atomic E-state index is -1.74. The van der Waals surface area contributed by atoms with Gasteiger partial charge < -0.3 is 19.5 Å². The van der Waals surface area contributed by atoms with Crippen molar-refractivity contribution in [1.29, 1.82) is 0 Å². The molecule has 1 aliphatic carbocycles. The zero-order chi connectivity index (χ0) is 23.8. The Morgan fingerprint density at radius 3 is 2.25 bits per heavy atom. The molecule has 1 aromatic rings. The molecule has 1 heterocycles. The number of carbonyl (C=O) groups is 3. The first-order valence-electron chi connectivity index (χ1n) is 10.0. The summed E-state index contributed by atoms with van der Waals surface area (Å²) in [5.41, 5.74) is -2.22. The molecular weight excluding hydrogens is 438 g/mol. The van der Waals surface area contributed by atoms with Crippen molar-refractivity contribution in [3.05, 3.63) is 29.3 Å². The quantitative estimate of drug-likeness (QED) is 0.303. The zero-order valence-electron chi connectivity index (χ0n) is 17.7. The number of cyclic esters (lactones) is 1. The fraction of sp³-hybridized carbons (Fsp3) is 0.571. The van der Waals surface area contributed by atoms with E-state index in [0.717, 1.165) is 0 Å². The number of benzene rings is 1. The summed E-state index contributed by atoms with van der Waals surface area (Å²) in [5, 5.41) is 2.56. The van der Waals surface area contributed by atoms with E-state index >= 15 is 0 Å². The molecule has 1 aromatic carbocycles. The van der Waals surface area contributed by atoms with Gasteiger partial charge in [-0.3, -0.25) is 14.4 Å². The molecule has 2 atom stereocenters. The van der Waals surface area contributed by atoms with Crippen LogP contribution < -0.4 is 10.1 Å². The van der Waals surface area contributed by atoms with Crippen molar-refractivity contribution in [1.82, 2.24) is 5.32 Å². The van der Waals surface area contributed by atoms with Crippen LogP contribution >= 0.6 is 0 Å². The highest BCUT2D eigenvalue weighted by atomic mass is 19.2. The number of amides is 1. The second-order valence-electron chi connectivity index (χ2n) is 8.86. The monoisotopic (exact) mass is 461 g/mol. The van der Waals surface area contributed by atoms with Gasteiger partial charge in [-0.1, -0.05) is 6.42 Å². The molecule has 32 heavy (non-hydrogen) atoms. The lowest BCUT2D eigenvalue weighted by molar-refractivity contribution is -0.177. The predicted molar refractivity (Wildman–Crippen MR) is 100 cm³/mol. The number of hydrogen-bond donors (Lipinski definition) is 1. The Balaban J connectivity index is 1.71. The van der Waals surface area contributed by atoms with E-state index in [1.165, 1.54) is 0 Å². The van der Waals surface area contributed by atoms with Crippen LogP contribution in [-0.2, 0) is 23.9 Å². The molecule has 0 aromatic heterocycles. The van der Waals surface area contributed by atoms with Crippen LogP contribution in [0.5, 0.6) is 5.75 Å². The van der Waals surface area contributed by atoms with E-state index in [2.05, 4.69) is 5.32 Å². The Hall–Kier alpha value is -2.85. The van der Waals surface area contributed by atoms with E-state index in [4.69, 9.17) is 14.2 Å². The zero-order valence-corrected chi connectivity index (χ0v) is 17.7. The van der Waals surface area contributed by atoms with E-state index in [1.807, 2.05) is 0 Å². The number of esters is 2. The average Bonchev–Trinajstić information content (AvgIpc) is 2.96. The van der Waals surface area contributed by atoms with Crippen molar-refractivity contribution >= 4 is 17.8 Å². The predicted octanol–water partition coefficient (Wildman–Crippen LogP) is 2.93. The lowest BCUT2D eigenvalue weighted by Crippen LogP contribution is -2.56. The largest absolute Gasteiger partial charge is 0.483 e. The molecule has 0 radical (unpaired) electrons. The van der Waals surface area contributed by atoms with Crippen molar-refractivity contribution in [2.45, 2.75) is 64.2 Å². The maximum Gasteiger partial charge on any atom is 0.322 e. The molecule has 2 fully saturated rings. The number of carbonyl (C=O) groups excluding carboxylic acids is 3. The number of halogens is 4. The lowest BCUT2D eigenvalue weighted by atomic mass is 9.67. The second kappa shape index (κ2) is 8.59. The third kappa shape index (κ3) is 4.66. The van der Waals surface area contributed by atoms with Crippen LogP contribution in [0.4, 0.5) is 17.6 Å². The van der Waals surface area contributed by atoms with Gasteiger partial charge in [0.25, 0.3) is 0 Å². The molecule has 2 aliphatic rings. The van der Waals surface area contributed by atoms with Crippen LogP contribution in [-0.4, -0.2) is 42.2 Å². The Morgan fingerprint density at radius 2 is 1.75 bits per heavy atom.